The molecule has 0 radical (unpaired) electrons. The topological polar surface area (TPSA) is 138 Å². The number of aromatic nitrogens is 2. The van der Waals surface area contributed by atoms with Crippen molar-refractivity contribution in [3.05, 3.63) is 47.3 Å². The smallest absolute Gasteiger partial charge is 0.338 e. The lowest BCUT2D eigenvalue weighted by Gasteiger charge is -2.04. The van der Waals surface area contributed by atoms with Gasteiger partial charge in [0.25, 0.3) is 0 Å². The fraction of sp³-hybridized carbons (Fsp3) is 0. The minimum Gasteiger partial charge on any atom is -0.478 e. The van der Waals surface area contributed by atoms with E-state index in [2.05, 4.69) is 9.97 Å². The van der Waals surface area contributed by atoms with E-state index >= 15 is 0 Å². The Hall–Kier alpha value is -3.29. The lowest BCUT2D eigenvalue weighted by molar-refractivity contribution is 0.0682. The van der Waals surface area contributed by atoms with Gasteiger partial charge in [-0.05, 0) is 18.2 Å². The van der Waals surface area contributed by atoms with Gasteiger partial charge in [0, 0.05) is 18.0 Å². The van der Waals surface area contributed by atoms with E-state index in [1.165, 1.54) is 12.1 Å². The Morgan fingerprint density at radius 2 is 1.14 bits per heavy atom. The standard InChI is InChI=1S/C13H8N2O6/c16-11(17)7-1-6(2-8(3-7)12(18)19)10-14-4-9(5-15-10)13(20)21/h1-5H,(H,16,17)(H,18,19)(H,20,21). The van der Waals surface area contributed by atoms with E-state index in [0.29, 0.717) is 0 Å². The number of hydrogen-bond acceptors (Lipinski definition) is 5. The highest BCUT2D eigenvalue weighted by atomic mass is 16.4. The van der Waals surface area contributed by atoms with E-state index < -0.39 is 17.9 Å². The predicted molar refractivity (Wildman–Crippen MR) is 68.3 cm³/mol. The summed E-state index contributed by atoms with van der Waals surface area (Å²) >= 11 is 0. The van der Waals surface area contributed by atoms with Crippen molar-refractivity contribution < 1.29 is 29.7 Å². The summed E-state index contributed by atoms with van der Waals surface area (Å²) in [5.74, 6) is -3.75. The number of hydrogen-bond donors (Lipinski definition) is 3. The first-order chi connectivity index (χ1) is 9.88. The van der Waals surface area contributed by atoms with Crippen LogP contribution in [0.4, 0.5) is 0 Å². The molecule has 1 aromatic carbocycles. The van der Waals surface area contributed by atoms with Crippen molar-refractivity contribution in [1.29, 1.82) is 0 Å². The monoisotopic (exact) mass is 288 g/mol. The molecule has 106 valence electrons. The van der Waals surface area contributed by atoms with Crippen molar-refractivity contribution in [3.8, 4) is 11.4 Å². The molecule has 0 aliphatic carbocycles. The molecule has 1 aromatic heterocycles. The van der Waals surface area contributed by atoms with E-state index in [1.54, 1.807) is 0 Å². The van der Waals surface area contributed by atoms with Crippen molar-refractivity contribution in [3.63, 3.8) is 0 Å². The molecule has 0 bridgehead atoms. The molecule has 3 N–H and O–H groups in total. The highest BCUT2D eigenvalue weighted by Gasteiger charge is 2.14. The third kappa shape index (κ3) is 3.00. The Morgan fingerprint density at radius 1 is 0.714 bits per heavy atom. The SMILES string of the molecule is O=C(O)c1cnc(-c2cc(C(=O)O)cc(C(=O)O)c2)nc1. The molecule has 0 unspecified atom stereocenters. The van der Waals surface area contributed by atoms with Crippen LogP contribution in [0.5, 0.6) is 0 Å². The molecule has 0 spiro atoms. The van der Waals surface area contributed by atoms with Gasteiger partial charge in [0.15, 0.2) is 5.82 Å². The van der Waals surface area contributed by atoms with Crippen LogP contribution in [0.2, 0.25) is 0 Å². The van der Waals surface area contributed by atoms with E-state index in [1.807, 2.05) is 0 Å². The molecule has 8 nitrogen and oxygen atoms in total. The van der Waals surface area contributed by atoms with Crippen LogP contribution < -0.4 is 0 Å². The normalized spacial score (nSPS) is 10.1. The van der Waals surface area contributed by atoms with Gasteiger partial charge in [0.2, 0.25) is 0 Å². The maximum Gasteiger partial charge on any atom is 0.338 e. The van der Waals surface area contributed by atoms with Crippen LogP contribution in [0, 0.1) is 0 Å². The Bertz CT molecular complexity index is 707. The summed E-state index contributed by atoms with van der Waals surface area (Å²) in [6.07, 6.45) is 2.11. The van der Waals surface area contributed by atoms with Gasteiger partial charge >= 0.3 is 17.9 Å². The van der Waals surface area contributed by atoms with Gasteiger partial charge in [-0.3, -0.25) is 0 Å². The minimum atomic E-state index is -1.29. The molecule has 2 aromatic rings. The van der Waals surface area contributed by atoms with Crippen LogP contribution >= 0.6 is 0 Å². The first-order valence-corrected chi connectivity index (χ1v) is 5.56. The molecule has 0 amide bonds. The third-order valence-corrected chi connectivity index (χ3v) is 2.58. The average Bonchev–Trinajstić information content (AvgIpc) is 2.46. The van der Waals surface area contributed by atoms with Crippen LogP contribution in [0.3, 0.4) is 0 Å². The van der Waals surface area contributed by atoms with E-state index in [9.17, 15) is 14.4 Å². The zero-order valence-electron chi connectivity index (χ0n) is 10.3. The van der Waals surface area contributed by atoms with Gasteiger partial charge in [-0.2, -0.15) is 0 Å². The van der Waals surface area contributed by atoms with Crippen molar-refractivity contribution in [2.24, 2.45) is 0 Å². The van der Waals surface area contributed by atoms with Crippen molar-refractivity contribution in [2.45, 2.75) is 0 Å². The number of rotatable bonds is 4. The Morgan fingerprint density at radius 3 is 1.52 bits per heavy atom. The molecule has 8 heteroatoms. The fourth-order valence-corrected chi connectivity index (χ4v) is 1.59. The maximum atomic E-state index is 11.0. The Balaban J connectivity index is 2.54. The number of carboxylic acid groups (broad SMARTS) is 3. The van der Waals surface area contributed by atoms with Crippen LogP contribution in [0.15, 0.2) is 30.6 Å². The minimum absolute atomic E-state index is 0.0330. The van der Waals surface area contributed by atoms with Crippen LogP contribution in [0.1, 0.15) is 31.1 Å². The van der Waals surface area contributed by atoms with Crippen LogP contribution in [0.25, 0.3) is 11.4 Å². The maximum absolute atomic E-state index is 11.0. The Kier molecular flexibility index (Phi) is 3.61. The summed E-state index contributed by atoms with van der Waals surface area (Å²) in [6, 6.07) is 3.44. The highest BCUT2D eigenvalue weighted by Crippen LogP contribution is 2.19. The molecule has 0 atom stereocenters. The zero-order chi connectivity index (χ0) is 15.6. The summed E-state index contributed by atoms with van der Waals surface area (Å²) < 4.78 is 0. The van der Waals surface area contributed by atoms with Crippen molar-refractivity contribution in [1.82, 2.24) is 9.97 Å². The van der Waals surface area contributed by atoms with Gasteiger partial charge in [0.1, 0.15) is 0 Å². The molecule has 0 saturated heterocycles. The lowest BCUT2D eigenvalue weighted by atomic mass is 10.0. The number of carbonyl (C=O) groups is 3. The lowest BCUT2D eigenvalue weighted by Crippen LogP contribution is -2.04. The first-order valence-electron chi connectivity index (χ1n) is 5.56. The highest BCUT2D eigenvalue weighted by molar-refractivity contribution is 5.95. The van der Waals surface area contributed by atoms with Gasteiger partial charge in [-0.1, -0.05) is 0 Å². The van der Waals surface area contributed by atoms with Gasteiger partial charge in [-0.15, -0.1) is 0 Å². The second-order valence-electron chi connectivity index (χ2n) is 4.01. The predicted octanol–water partition coefficient (Wildman–Crippen LogP) is 1.24. The molecular weight excluding hydrogens is 280 g/mol. The summed E-state index contributed by atoms with van der Waals surface area (Å²) in [7, 11) is 0. The zero-order valence-corrected chi connectivity index (χ0v) is 10.3. The Labute approximate surface area is 117 Å². The molecule has 0 fully saturated rings. The number of aromatic carboxylic acids is 3. The third-order valence-electron chi connectivity index (χ3n) is 2.58. The second-order valence-corrected chi connectivity index (χ2v) is 4.01. The molecule has 0 aliphatic heterocycles. The summed E-state index contributed by atoms with van der Waals surface area (Å²) in [6.45, 7) is 0. The molecule has 0 saturated carbocycles. The van der Waals surface area contributed by atoms with Crippen LogP contribution in [-0.2, 0) is 0 Å². The van der Waals surface area contributed by atoms with E-state index in [0.717, 1.165) is 18.5 Å². The average molecular weight is 288 g/mol. The molecular formula is C13H8N2O6. The quantitative estimate of drug-likeness (QED) is 0.763. The number of benzene rings is 1. The fourth-order valence-electron chi connectivity index (χ4n) is 1.59. The summed E-state index contributed by atoms with van der Waals surface area (Å²) in [4.78, 5) is 40.3. The molecule has 21 heavy (non-hydrogen) atoms. The van der Waals surface area contributed by atoms with Crippen LogP contribution in [-0.4, -0.2) is 43.2 Å². The molecule has 1 heterocycles. The van der Waals surface area contributed by atoms with E-state index in [4.69, 9.17) is 15.3 Å². The number of nitrogens with zero attached hydrogens (tertiary/aromatic N) is 2. The van der Waals surface area contributed by atoms with Gasteiger partial charge in [0.05, 0.1) is 16.7 Å². The second kappa shape index (κ2) is 5.37. The van der Waals surface area contributed by atoms with Gasteiger partial charge < -0.3 is 15.3 Å². The van der Waals surface area contributed by atoms with Crippen molar-refractivity contribution in [2.75, 3.05) is 0 Å². The largest absolute Gasteiger partial charge is 0.478 e. The molecule has 2 rings (SSSR count). The first kappa shape index (κ1) is 14.1. The van der Waals surface area contributed by atoms with Crippen molar-refractivity contribution >= 4 is 17.9 Å². The van der Waals surface area contributed by atoms with Gasteiger partial charge in [-0.25, -0.2) is 24.4 Å². The van der Waals surface area contributed by atoms with E-state index in [-0.39, 0.29) is 28.1 Å². The molecule has 0 aliphatic rings. The number of carboxylic acids is 3. The summed E-state index contributed by atoms with van der Waals surface area (Å²) in [5.41, 5.74) is -0.414. The summed E-state index contributed by atoms with van der Waals surface area (Å²) in [5, 5.41) is 26.7.